The summed E-state index contributed by atoms with van der Waals surface area (Å²) < 4.78 is 11.2. The Kier molecular flexibility index (Phi) is 4.55. The Hall–Kier alpha value is -3.27. The highest BCUT2D eigenvalue weighted by atomic mass is 32.1. The summed E-state index contributed by atoms with van der Waals surface area (Å²) in [4.78, 5) is 49.8. The lowest BCUT2D eigenvalue weighted by molar-refractivity contribution is -0.116. The molecule has 0 radical (unpaired) electrons. The Balaban J connectivity index is 1.69. The summed E-state index contributed by atoms with van der Waals surface area (Å²) in [5.41, 5.74) is 0.0409. The number of para-hydroxylation sites is 1. The minimum absolute atomic E-state index is 0.138. The second kappa shape index (κ2) is 7.04. The number of amides is 1. The zero-order valence-corrected chi connectivity index (χ0v) is 15.7. The predicted octanol–water partition coefficient (Wildman–Crippen LogP) is 1.38. The van der Waals surface area contributed by atoms with Crippen molar-refractivity contribution in [1.82, 2.24) is 13.5 Å². The smallest absolute Gasteiger partial charge is 0.339 e. The molecule has 0 unspecified atom stereocenters. The molecule has 10 heteroatoms. The van der Waals surface area contributed by atoms with Crippen molar-refractivity contribution in [3.63, 3.8) is 0 Å². The third-order valence-corrected chi connectivity index (χ3v) is 5.14. The second-order valence-corrected chi connectivity index (χ2v) is 7.04. The number of carbonyl (C=O) groups excluding carboxylic acids is 2. The van der Waals surface area contributed by atoms with Gasteiger partial charge in [0.2, 0.25) is 5.91 Å². The zero-order chi connectivity index (χ0) is 19.8. The van der Waals surface area contributed by atoms with Crippen LogP contribution in [0, 0.1) is 0 Å². The molecule has 0 spiro atoms. The molecule has 3 aromatic rings. The minimum Gasteiger partial charge on any atom is -0.465 e. The van der Waals surface area contributed by atoms with Gasteiger partial charge in [0.1, 0.15) is 6.54 Å². The lowest BCUT2D eigenvalue weighted by atomic mass is 10.2. The molecule has 1 amide bonds. The van der Waals surface area contributed by atoms with Crippen LogP contribution in [0.4, 0.5) is 5.69 Å². The van der Waals surface area contributed by atoms with Crippen LogP contribution in [0.3, 0.4) is 0 Å². The minimum atomic E-state index is -0.584. The van der Waals surface area contributed by atoms with E-state index >= 15 is 0 Å². The standard InChI is InChI=1S/C18H16N4O5S/c1-27-17(25)11-4-2-3-5-12(11)19-14(23)8-21-13-9-28-20-15(13)16(24)22(18(21)26)10-6-7-10/h2-5,9-10H,6-8H2,1H3,(H,19,23). The van der Waals surface area contributed by atoms with Gasteiger partial charge in [-0.3, -0.25) is 18.7 Å². The lowest BCUT2D eigenvalue weighted by Gasteiger charge is -2.13. The highest BCUT2D eigenvalue weighted by Gasteiger charge is 2.30. The fourth-order valence-electron chi connectivity index (χ4n) is 3.03. The van der Waals surface area contributed by atoms with Crippen molar-refractivity contribution < 1.29 is 14.3 Å². The maximum absolute atomic E-state index is 12.8. The van der Waals surface area contributed by atoms with Crippen LogP contribution >= 0.6 is 11.5 Å². The number of aromatic nitrogens is 3. The maximum atomic E-state index is 12.8. The van der Waals surface area contributed by atoms with Gasteiger partial charge in [-0.25, -0.2) is 9.59 Å². The van der Waals surface area contributed by atoms with Crippen molar-refractivity contribution in [2.24, 2.45) is 0 Å². The van der Waals surface area contributed by atoms with Gasteiger partial charge < -0.3 is 10.1 Å². The number of fused-ring (bicyclic) bond motifs is 1. The average molecular weight is 400 g/mol. The molecule has 0 bridgehead atoms. The van der Waals surface area contributed by atoms with Crippen molar-refractivity contribution in [3.05, 3.63) is 56.0 Å². The molecule has 1 fully saturated rings. The first kappa shape index (κ1) is 18.1. The highest BCUT2D eigenvalue weighted by Crippen LogP contribution is 2.32. The Morgan fingerprint density at radius 3 is 2.75 bits per heavy atom. The summed E-state index contributed by atoms with van der Waals surface area (Å²) in [5.74, 6) is -1.09. The molecule has 1 N–H and O–H groups in total. The fraction of sp³-hybridized carbons (Fsp3) is 0.278. The van der Waals surface area contributed by atoms with Gasteiger partial charge in [0.15, 0.2) is 5.52 Å². The number of methoxy groups -OCH3 is 1. The lowest BCUT2D eigenvalue weighted by Crippen LogP contribution is -2.41. The Labute approximate surface area is 162 Å². The number of nitrogens with one attached hydrogen (secondary N) is 1. The van der Waals surface area contributed by atoms with Crippen molar-refractivity contribution in [2.45, 2.75) is 25.4 Å². The SMILES string of the molecule is COC(=O)c1ccccc1NC(=O)Cn1c(=O)n(C2CC2)c(=O)c2nscc21. The Morgan fingerprint density at radius 2 is 2.04 bits per heavy atom. The molecule has 1 saturated carbocycles. The van der Waals surface area contributed by atoms with Crippen LogP contribution in [0.15, 0.2) is 39.2 Å². The molecular formula is C18H16N4O5S. The second-order valence-electron chi connectivity index (χ2n) is 6.41. The molecule has 0 atom stereocenters. The van der Waals surface area contributed by atoms with E-state index in [4.69, 9.17) is 4.74 Å². The number of rotatable bonds is 5. The summed E-state index contributed by atoms with van der Waals surface area (Å²) in [6.07, 6.45) is 1.51. The number of nitrogens with zero attached hydrogens (tertiary/aromatic N) is 3. The zero-order valence-electron chi connectivity index (χ0n) is 14.9. The number of ether oxygens (including phenoxy) is 1. The van der Waals surface area contributed by atoms with Crippen LogP contribution in [-0.2, 0) is 16.1 Å². The molecular weight excluding hydrogens is 384 g/mol. The average Bonchev–Trinajstić information content (AvgIpc) is 3.39. The van der Waals surface area contributed by atoms with E-state index < -0.39 is 23.1 Å². The van der Waals surface area contributed by atoms with E-state index in [1.54, 1.807) is 23.6 Å². The Morgan fingerprint density at radius 1 is 1.29 bits per heavy atom. The molecule has 4 rings (SSSR count). The first-order chi connectivity index (χ1) is 13.5. The quantitative estimate of drug-likeness (QED) is 0.648. The summed E-state index contributed by atoms with van der Waals surface area (Å²) in [6.45, 7) is -0.309. The van der Waals surface area contributed by atoms with Gasteiger partial charge in [-0.1, -0.05) is 12.1 Å². The molecule has 2 heterocycles. The number of hydrogen-bond acceptors (Lipinski definition) is 7. The van der Waals surface area contributed by atoms with Crippen molar-refractivity contribution >= 4 is 40.1 Å². The van der Waals surface area contributed by atoms with Crippen LogP contribution in [0.25, 0.3) is 11.0 Å². The van der Waals surface area contributed by atoms with Gasteiger partial charge in [-0.05, 0) is 36.5 Å². The third-order valence-electron chi connectivity index (χ3n) is 4.52. The first-order valence-corrected chi connectivity index (χ1v) is 9.41. The van der Waals surface area contributed by atoms with Crippen LogP contribution in [0.1, 0.15) is 29.2 Å². The van der Waals surface area contributed by atoms with Crippen LogP contribution < -0.4 is 16.6 Å². The third kappa shape index (κ3) is 3.11. The van der Waals surface area contributed by atoms with Crippen LogP contribution in [0.2, 0.25) is 0 Å². The summed E-state index contributed by atoms with van der Waals surface area (Å²) >= 11 is 1.06. The van der Waals surface area contributed by atoms with Gasteiger partial charge in [0, 0.05) is 11.4 Å². The molecule has 2 aromatic heterocycles. The molecule has 9 nitrogen and oxygen atoms in total. The summed E-state index contributed by atoms with van der Waals surface area (Å²) in [5, 5.41) is 4.21. The number of benzene rings is 1. The van der Waals surface area contributed by atoms with Crippen molar-refractivity contribution in [3.8, 4) is 0 Å². The van der Waals surface area contributed by atoms with E-state index in [1.165, 1.54) is 22.3 Å². The van der Waals surface area contributed by atoms with Gasteiger partial charge in [0.05, 0.1) is 23.9 Å². The van der Waals surface area contributed by atoms with Gasteiger partial charge >= 0.3 is 11.7 Å². The number of hydrogen-bond donors (Lipinski definition) is 1. The van der Waals surface area contributed by atoms with Crippen molar-refractivity contribution in [2.75, 3.05) is 12.4 Å². The summed E-state index contributed by atoms with van der Waals surface area (Å²) in [7, 11) is 1.25. The maximum Gasteiger partial charge on any atom is 0.339 e. The van der Waals surface area contributed by atoms with Crippen LogP contribution in [0.5, 0.6) is 0 Å². The van der Waals surface area contributed by atoms with Gasteiger partial charge in [-0.2, -0.15) is 4.37 Å². The number of carbonyl (C=O) groups is 2. The molecule has 1 aliphatic rings. The summed E-state index contributed by atoms with van der Waals surface area (Å²) in [6, 6.07) is 6.28. The predicted molar refractivity (Wildman–Crippen MR) is 103 cm³/mol. The highest BCUT2D eigenvalue weighted by molar-refractivity contribution is 7.04. The van der Waals surface area contributed by atoms with E-state index in [0.29, 0.717) is 5.52 Å². The van der Waals surface area contributed by atoms with Crippen molar-refractivity contribution in [1.29, 1.82) is 0 Å². The van der Waals surface area contributed by atoms with E-state index in [1.807, 2.05) is 0 Å². The normalized spacial score (nSPS) is 13.5. The largest absolute Gasteiger partial charge is 0.465 e. The fourth-order valence-corrected chi connectivity index (χ4v) is 3.70. The number of anilines is 1. The van der Waals surface area contributed by atoms with Gasteiger partial charge in [0.25, 0.3) is 5.56 Å². The van der Waals surface area contributed by atoms with E-state index in [-0.39, 0.29) is 29.4 Å². The Bertz CT molecular complexity index is 1200. The number of esters is 1. The first-order valence-electron chi connectivity index (χ1n) is 8.58. The van der Waals surface area contributed by atoms with E-state index in [2.05, 4.69) is 9.69 Å². The monoisotopic (exact) mass is 400 g/mol. The molecule has 28 heavy (non-hydrogen) atoms. The van der Waals surface area contributed by atoms with Gasteiger partial charge in [-0.15, -0.1) is 0 Å². The molecule has 0 saturated heterocycles. The van der Waals surface area contributed by atoms with E-state index in [0.717, 1.165) is 24.4 Å². The molecule has 0 aliphatic heterocycles. The van der Waals surface area contributed by atoms with E-state index in [9.17, 15) is 19.2 Å². The molecule has 144 valence electrons. The molecule has 1 aromatic carbocycles. The van der Waals surface area contributed by atoms with Crippen LogP contribution in [-0.4, -0.2) is 32.5 Å². The topological polar surface area (TPSA) is 112 Å². The molecule has 1 aliphatic carbocycles.